The van der Waals surface area contributed by atoms with Crippen LogP contribution in [0.15, 0.2) is 193 Å². The third-order valence-corrected chi connectivity index (χ3v) is 12.0. The molecule has 3 N–H and O–H groups in total. The molecule has 0 aliphatic carbocycles. The Hall–Kier alpha value is -9.25. The Morgan fingerprint density at radius 2 is 0.730 bits per heavy atom. The maximum Gasteiger partial charge on any atom is 0.408 e. The average molecular weight is 1050 g/mol. The summed E-state index contributed by atoms with van der Waals surface area (Å²) >= 11 is 3.30. The second kappa shape index (κ2) is 23.3. The van der Waals surface area contributed by atoms with Crippen molar-refractivity contribution in [2.24, 2.45) is 0 Å². The molecule has 0 bridgehead atoms. The monoisotopic (exact) mass is 1050 g/mol. The Balaban J connectivity index is 0.000000138. The van der Waals surface area contributed by atoms with E-state index in [4.69, 9.17) is 14.2 Å². The minimum absolute atomic E-state index is 0.368. The van der Waals surface area contributed by atoms with Gasteiger partial charge in [0.1, 0.15) is 35.6 Å². The Kier molecular flexibility index (Phi) is 15.7. The lowest BCUT2D eigenvalue weighted by Crippen LogP contribution is -2.20. The second-order valence-corrected chi connectivity index (χ2v) is 17.5. The van der Waals surface area contributed by atoms with Crippen LogP contribution < -0.4 is 16.0 Å². The van der Waals surface area contributed by atoms with Crippen LogP contribution in [0.5, 0.6) is 0 Å². The summed E-state index contributed by atoms with van der Waals surface area (Å²) in [5, 5.41) is 8.16. The van der Waals surface area contributed by atoms with Crippen LogP contribution in [0.4, 0.5) is 27.6 Å². The van der Waals surface area contributed by atoms with Gasteiger partial charge in [0, 0.05) is 45.3 Å². The number of amides is 3. The molecule has 3 aliphatic rings. The molecular weight excluding hydrogens is 1010 g/mol. The summed E-state index contributed by atoms with van der Waals surface area (Å²) in [5.41, 5.74) is 7.02. The van der Waals surface area contributed by atoms with Gasteiger partial charge in [0.05, 0.1) is 17.1 Å². The second-order valence-electron chi connectivity index (χ2n) is 16.6. The molecule has 0 radical (unpaired) electrons. The number of carbonyl (C=O) groups is 3. The van der Waals surface area contributed by atoms with Crippen molar-refractivity contribution in [2.45, 2.75) is 36.4 Å². The zero-order valence-corrected chi connectivity index (χ0v) is 40.3. The van der Waals surface area contributed by atoms with Crippen LogP contribution in [0.1, 0.15) is 92.5 Å². The molecule has 11 rings (SSSR count). The largest absolute Gasteiger partial charge is 0.439 e. The van der Waals surface area contributed by atoms with Crippen LogP contribution in [0, 0.1) is 41.1 Å². The van der Waals surface area contributed by atoms with Crippen molar-refractivity contribution in [3.05, 3.63) is 266 Å². The number of alkyl carbamates (subject to hydrolysis) is 3. The van der Waals surface area contributed by atoms with Crippen LogP contribution in [0.25, 0.3) is 0 Å². The van der Waals surface area contributed by atoms with Gasteiger partial charge >= 0.3 is 18.3 Å². The summed E-state index contributed by atoms with van der Waals surface area (Å²) in [4.78, 5) is 48.1. The van der Waals surface area contributed by atoms with Gasteiger partial charge < -0.3 is 30.2 Å². The van der Waals surface area contributed by atoms with Gasteiger partial charge in [-0.3, -0.25) is 15.0 Å². The van der Waals surface area contributed by atoms with E-state index in [9.17, 15) is 27.6 Å². The van der Waals surface area contributed by atoms with Crippen LogP contribution >= 0.6 is 15.9 Å². The number of halogens is 4. The molecule has 366 valence electrons. The van der Waals surface area contributed by atoms with Crippen molar-refractivity contribution < 1.29 is 41.8 Å². The molecule has 8 aromatic rings. The Bertz CT molecular complexity index is 3240. The molecule has 16 heteroatoms. The van der Waals surface area contributed by atoms with Crippen molar-refractivity contribution in [1.29, 1.82) is 0 Å². The molecule has 0 spiro atoms. The van der Waals surface area contributed by atoms with Gasteiger partial charge in [-0.2, -0.15) is 0 Å². The van der Waals surface area contributed by atoms with Crippen molar-refractivity contribution >= 4 is 34.2 Å². The molecule has 3 saturated heterocycles. The zero-order valence-electron chi connectivity index (χ0n) is 38.7. The van der Waals surface area contributed by atoms with Crippen molar-refractivity contribution in [3.63, 3.8) is 0 Å². The maximum absolute atomic E-state index is 13.5. The minimum atomic E-state index is -0.637. The molecule has 12 nitrogen and oxygen atoms in total. The van der Waals surface area contributed by atoms with E-state index in [0.29, 0.717) is 33.8 Å². The van der Waals surface area contributed by atoms with Gasteiger partial charge in [-0.15, -0.1) is 0 Å². The fraction of sp³-hybridized carbons (Fsp3) is 0.103. The number of hydrogen-bond donors (Lipinski definition) is 3. The van der Waals surface area contributed by atoms with Crippen LogP contribution in [-0.2, 0) is 14.2 Å². The number of carbonyl (C=O) groups excluding carboxylic acids is 3. The molecular formula is C58H40BrF3N6O6. The zero-order chi connectivity index (χ0) is 51.4. The van der Waals surface area contributed by atoms with Gasteiger partial charge in [0.2, 0.25) is 0 Å². The topological polar surface area (TPSA) is 154 Å². The number of nitrogens with one attached hydrogen (secondary N) is 3. The maximum atomic E-state index is 13.5. The predicted octanol–water partition coefficient (Wildman–Crippen LogP) is 11.8. The highest BCUT2D eigenvalue weighted by Gasteiger charge is 2.39. The SMILES string of the molecule is O=C1NC(c2ccc(C#Cc3ccccc3)cn2)[C@H](c2cccc(F)c2)O1.O=C1N[C@H](c2ccc(Br)cn2)[C@@H](c2cccc(F)c2)O1.O=C1N[C@H](c2ccc(C#Cc3ccccc3)cn2)[C@@H](c2cccc(F)c2)O1. The quantitative estimate of drug-likeness (QED) is 0.109. The fourth-order valence-corrected chi connectivity index (χ4v) is 8.24. The molecule has 6 atom stereocenters. The van der Waals surface area contributed by atoms with E-state index in [-0.39, 0.29) is 17.5 Å². The van der Waals surface area contributed by atoms with E-state index in [1.54, 1.807) is 73.2 Å². The van der Waals surface area contributed by atoms with E-state index >= 15 is 0 Å². The number of pyridine rings is 3. The Labute approximate surface area is 431 Å². The van der Waals surface area contributed by atoms with Crippen molar-refractivity contribution in [3.8, 4) is 23.7 Å². The highest BCUT2D eigenvalue weighted by Crippen LogP contribution is 2.38. The van der Waals surface area contributed by atoms with E-state index in [1.807, 2.05) is 78.9 Å². The molecule has 0 saturated carbocycles. The fourth-order valence-electron chi connectivity index (χ4n) is 8.01. The highest BCUT2D eigenvalue weighted by molar-refractivity contribution is 9.10. The van der Waals surface area contributed by atoms with Crippen LogP contribution in [0.2, 0.25) is 0 Å². The van der Waals surface area contributed by atoms with E-state index in [2.05, 4.69) is 70.5 Å². The number of benzene rings is 5. The van der Waals surface area contributed by atoms with Crippen LogP contribution in [-0.4, -0.2) is 33.2 Å². The van der Waals surface area contributed by atoms with E-state index in [1.165, 1.54) is 36.4 Å². The summed E-state index contributed by atoms with van der Waals surface area (Å²) in [6.07, 6.45) is 1.44. The summed E-state index contributed by atoms with van der Waals surface area (Å²) in [7, 11) is 0. The van der Waals surface area contributed by atoms with E-state index in [0.717, 1.165) is 26.7 Å². The number of nitrogens with zero attached hydrogens (tertiary/aromatic N) is 3. The van der Waals surface area contributed by atoms with Crippen molar-refractivity contribution in [1.82, 2.24) is 30.9 Å². The first-order valence-electron chi connectivity index (χ1n) is 22.9. The predicted molar refractivity (Wildman–Crippen MR) is 270 cm³/mol. The molecule has 6 heterocycles. The standard InChI is InChI=1S/2C22H15FN2O2.C14H10BrFN2O2/c2*23-18-8-4-7-17(13-18)21-20(25-22(26)27-21)19-12-11-16(14-24-19)10-9-15-5-2-1-3-6-15;15-9-4-5-11(17-7-9)12-13(20-14(19)18-12)8-2-1-3-10(16)6-8/h2*1-8,11-14,20-21H,(H,25,26);1-7,12-13H,(H,18,19)/t20?,21-;20-,21-;12-,13-/m011/s1. The molecule has 1 unspecified atom stereocenters. The molecule has 74 heavy (non-hydrogen) atoms. The summed E-state index contributed by atoms with van der Waals surface area (Å²) in [5.74, 6) is 11.1. The van der Waals surface area contributed by atoms with Gasteiger partial charge in [-0.25, -0.2) is 27.6 Å². The normalized spacial score (nSPS) is 19.1. The summed E-state index contributed by atoms with van der Waals surface area (Å²) in [6.45, 7) is 0. The number of aromatic nitrogens is 3. The Morgan fingerprint density at radius 3 is 1.04 bits per heavy atom. The summed E-state index contributed by atoms with van der Waals surface area (Å²) in [6, 6.07) is 46.9. The smallest absolute Gasteiger partial charge is 0.408 e. The van der Waals surface area contributed by atoms with Gasteiger partial charge in [-0.1, -0.05) is 96.5 Å². The molecule has 3 fully saturated rings. The third kappa shape index (κ3) is 12.8. The van der Waals surface area contributed by atoms with Crippen LogP contribution in [0.3, 0.4) is 0 Å². The first-order chi connectivity index (χ1) is 36.0. The Morgan fingerprint density at radius 1 is 0.392 bits per heavy atom. The molecule has 3 aromatic heterocycles. The number of ether oxygens (including phenoxy) is 3. The van der Waals surface area contributed by atoms with E-state index < -0.39 is 54.7 Å². The first-order valence-corrected chi connectivity index (χ1v) is 23.7. The number of cyclic esters (lactones) is 3. The minimum Gasteiger partial charge on any atom is -0.439 e. The number of rotatable bonds is 6. The third-order valence-electron chi connectivity index (χ3n) is 11.5. The lowest BCUT2D eigenvalue weighted by Gasteiger charge is -2.16. The number of hydrogen-bond acceptors (Lipinski definition) is 9. The molecule has 3 aliphatic heterocycles. The first kappa shape index (κ1) is 49.7. The highest BCUT2D eigenvalue weighted by atomic mass is 79.9. The lowest BCUT2D eigenvalue weighted by atomic mass is 9.99. The van der Waals surface area contributed by atoms with Gasteiger partial charge in [0.15, 0.2) is 18.3 Å². The lowest BCUT2D eigenvalue weighted by molar-refractivity contribution is 0.131. The van der Waals surface area contributed by atoms with Gasteiger partial charge in [-0.05, 0) is 130 Å². The van der Waals surface area contributed by atoms with Gasteiger partial charge in [0.25, 0.3) is 0 Å². The molecule has 3 amide bonds. The average Bonchev–Trinajstić information content (AvgIpc) is 4.15. The summed E-state index contributed by atoms with van der Waals surface area (Å²) < 4.78 is 57.1. The molecule has 5 aromatic carbocycles. The van der Waals surface area contributed by atoms with Crippen molar-refractivity contribution in [2.75, 3.05) is 0 Å².